The lowest BCUT2D eigenvalue weighted by molar-refractivity contribution is 0.278. The molecule has 5 heteroatoms. The topological polar surface area (TPSA) is 42.2 Å². The fourth-order valence-electron chi connectivity index (χ4n) is 1.52. The van der Waals surface area contributed by atoms with Crippen molar-refractivity contribution in [2.45, 2.75) is 24.6 Å². The third-order valence-electron chi connectivity index (χ3n) is 2.18. The molecule has 2 heterocycles. The first-order valence-electron chi connectivity index (χ1n) is 4.47. The van der Waals surface area contributed by atoms with Crippen LogP contribution < -0.4 is 0 Å². The lowest BCUT2D eigenvalue weighted by atomic mass is 10.4. The van der Waals surface area contributed by atoms with Crippen LogP contribution in [0.3, 0.4) is 0 Å². The van der Waals surface area contributed by atoms with Crippen LogP contribution in [0.5, 0.6) is 0 Å². The number of hydrogen-bond donors (Lipinski definition) is 0. The quantitative estimate of drug-likeness (QED) is 0.688. The summed E-state index contributed by atoms with van der Waals surface area (Å²) in [5.74, 6) is 0.742. The van der Waals surface area contributed by atoms with Crippen molar-refractivity contribution in [3.8, 4) is 0 Å². The molecular weight excluding hydrogens is 186 g/mol. The van der Waals surface area contributed by atoms with Crippen molar-refractivity contribution < 1.29 is 4.42 Å². The van der Waals surface area contributed by atoms with E-state index < -0.39 is 0 Å². The van der Waals surface area contributed by atoms with Crippen LogP contribution in [-0.4, -0.2) is 34.4 Å². The zero-order valence-corrected chi connectivity index (χ0v) is 8.51. The molecule has 1 aliphatic rings. The molecule has 0 radical (unpaired) electrons. The summed E-state index contributed by atoms with van der Waals surface area (Å²) in [5, 5.41) is 8.53. The highest BCUT2D eigenvalue weighted by Crippen LogP contribution is 2.15. The maximum Gasteiger partial charge on any atom is 0.276 e. The summed E-state index contributed by atoms with van der Waals surface area (Å²) in [7, 11) is 0. The largest absolute Gasteiger partial charge is 0.415 e. The van der Waals surface area contributed by atoms with Crippen molar-refractivity contribution in [1.29, 1.82) is 0 Å². The molecule has 0 unspecified atom stereocenters. The molecular formula is C8H13N3OS. The van der Waals surface area contributed by atoms with E-state index >= 15 is 0 Å². The second kappa shape index (κ2) is 4.11. The minimum Gasteiger partial charge on any atom is -0.415 e. The minimum atomic E-state index is 0.661. The average Bonchev–Trinajstić information content (AvgIpc) is 2.76. The van der Waals surface area contributed by atoms with E-state index in [2.05, 4.69) is 15.1 Å². The van der Waals surface area contributed by atoms with Gasteiger partial charge >= 0.3 is 0 Å². The Labute approximate surface area is 81.7 Å². The van der Waals surface area contributed by atoms with Crippen molar-refractivity contribution >= 4 is 11.8 Å². The first kappa shape index (κ1) is 9.02. The summed E-state index contributed by atoms with van der Waals surface area (Å²) in [6.07, 6.45) is 4.53. The molecule has 0 aliphatic carbocycles. The van der Waals surface area contributed by atoms with Gasteiger partial charge in [-0.2, -0.15) is 0 Å². The van der Waals surface area contributed by atoms with Crippen LogP contribution in [0.15, 0.2) is 9.64 Å². The summed E-state index contributed by atoms with van der Waals surface area (Å²) < 4.78 is 5.39. The predicted molar refractivity (Wildman–Crippen MR) is 50.6 cm³/mol. The number of likely N-dealkylation sites (tertiary alicyclic amines) is 1. The monoisotopic (exact) mass is 199 g/mol. The average molecular weight is 199 g/mol. The highest BCUT2D eigenvalue weighted by atomic mass is 32.2. The first-order valence-corrected chi connectivity index (χ1v) is 5.69. The zero-order chi connectivity index (χ0) is 9.10. The van der Waals surface area contributed by atoms with Crippen LogP contribution >= 0.6 is 11.8 Å². The van der Waals surface area contributed by atoms with Gasteiger partial charge in [0.15, 0.2) is 0 Å². The molecule has 0 amide bonds. The van der Waals surface area contributed by atoms with E-state index in [0.717, 1.165) is 25.5 Å². The molecule has 1 aromatic heterocycles. The van der Waals surface area contributed by atoms with E-state index in [1.54, 1.807) is 0 Å². The molecule has 72 valence electrons. The van der Waals surface area contributed by atoms with Crippen LogP contribution in [0.4, 0.5) is 0 Å². The van der Waals surface area contributed by atoms with Crippen LogP contribution in [0.25, 0.3) is 0 Å². The van der Waals surface area contributed by atoms with E-state index in [1.807, 2.05) is 6.26 Å². The number of aromatic nitrogens is 2. The normalized spacial score (nSPS) is 18.2. The Kier molecular flexibility index (Phi) is 2.85. The Hall–Kier alpha value is -0.550. The van der Waals surface area contributed by atoms with Gasteiger partial charge in [-0.25, -0.2) is 0 Å². The molecule has 0 spiro atoms. The molecule has 1 aliphatic heterocycles. The van der Waals surface area contributed by atoms with E-state index in [9.17, 15) is 0 Å². The summed E-state index contributed by atoms with van der Waals surface area (Å²) in [5.41, 5.74) is 0. The molecule has 2 rings (SSSR count). The van der Waals surface area contributed by atoms with E-state index in [1.165, 1.54) is 24.6 Å². The number of hydrogen-bond acceptors (Lipinski definition) is 5. The number of rotatable bonds is 3. The van der Waals surface area contributed by atoms with Crippen molar-refractivity contribution in [2.75, 3.05) is 19.3 Å². The van der Waals surface area contributed by atoms with Crippen LogP contribution in [0, 0.1) is 0 Å². The van der Waals surface area contributed by atoms with Gasteiger partial charge in [-0.1, -0.05) is 11.8 Å². The number of thioether (sulfide) groups is 1. The molecule has 0 aromatic carbocycles. The number of nitrogens with zero attached hydrogens (tertiary/aromatic N) is 3. The van der Waals surface area contributed by atoms with E-state index in [4.69, 9.17) is 4.42 Å². The molecule has 1 fully saturated rings. The predicted octanol–water partition coefficient (Wildman–Crippen LogP) is 1.39. The summed E-state index contributed by atoms with van der Waals surface area (Å²) >= 11 is 1.49. The second-order valence-corrected chi connectivity index (χ2v) is 3.91. The van der Waals surface area contributed by atoms with Crippen molar-refractivity contribution in [1.82, 2.24) is 15.1 Å². The van der Waals surface area contributed by atoms with Crippen molar-refractivity contribution in [3.05, 3.63) is 5.89 Å². The smallest absolute Gasteiger partial charge is 0.276 e. The molecule has 0 bridgehead atoms. The summed E-state index contributed by atoms with van der Waals surface area (Å²) in [6, 6.07) is 0. The van der Waals surface area contributed by atoms with Gasteiger partial charge in [0, 0.05) is 0 Å². The Morgan fingerprint density at radius 1 is 1.38 bits per heavy atom. The van der Waals surface area contributed by atoms with Crippen LogP contribution in [-0.2, 0) is 6.54 Å². The standard InChI is InChI=1S/C8H13N3OS/c1-13-8-10-9-7(12-8)6-11-4-2-3-5-11/h2-6H2,1H3. The Bertz CT molecular complexity index is 270. The van der Waals surface area contributed by atoms with Crippen molar-refractivity contribution in [2.24, 2.45) is 0 Å². The van der Waals surface area contributed by atoms with Crippen molar-refractivity contribution in [3.63, 3.8) is 0 Å². The zero-order valence-electron chi connectivity index (χ0n) is 7.69. The van der Waals surface area contributed by atoms with Gasteiger partial charge in [0.25, 0.3) is 5.22 Å². The fourth-order valence-corrected chi connectivity index (χ4v) is 1.82. The Balaban J connectivity index is 1.92. The molecule has 0 atom stereocenters. The SMILES string of the molecule is CSc1nnc(CN2CCCC2)o1. The van der Waals surface area contributed by atoms with Gasteiger partial charge in [-0.05, 0) is 32.2 Å². The Morgan fingerprint density at radius 2 is 2.15 bits per heavy atom. The summed E-state index contributed by atoms with van der Waals surface area (Å²) in [6.45, 7) is 3.14. The van der Waals surface area contributed by atoms with Gasteiger partial charge in [0.05, 0.1) is 6.54 Å². The molecule has 0 saturated carbocycles. The van der Waals surface area contributed by atoms with Gasteiger partial charge in [-0.15, -0.1) is 10.2 Å². The van der Waals surface area contributed by atoms with Crippen LogP contribution in [0.2, 0.25) is 0 Å². The molecule has 0 N–H and O–H groups in total. The highest BCUT2D eigenvalue weighted by molar-refractivity contribution is 7.98. The second-order valence-electron chi connectivity index (χ2n) is 3.15. The van der Waals surface area contributed by atoms with Gasteiger partial charge < -0.3 is 4.42 Å². The van der Waals surface area contributed by atoms with Gasteiger partial charge in [-0.3, -0.25) is 4.90 Å². The lowest BCUT2D eigenvalue weighted by Crippen LogP contribution is -2.18. The van der Waals surface area contributed by atoms with Gasteiger partial charge in [0.2, 0.25) is 5.89 Å². The summed E-state index contributed by atoms with van der Waals surface area (Å²) in [4.78, 5) is 2.34. The third kappa shape index (κ3) is 2.22. The lowest BCUT2D eigenvalue weighted by Gasteiger charge is -2.09. The van der Waals surface area contributed by atoms with Crippen LogP contribution in [0.1, 0.15) is 18.7 Å². The highest BCUT2D eigenvalue weighted by Gasteiger charge is 2.14. The fraction of sp³-hybridized carbons (Fsp3) is 0.750. The maximum absolute atomic E-state index is 5.39. The molecule has 13 heavy (non-hydrogen) atoms. The first-order chi connectivity index (χ1) is 6.38. The molecule has 1 saturated heterocycles. The van der Waals surface area contributed by atoms with E-state index in [0.29, 0.717) is 5.22 Å². The van der Waals surface area contributed by atoms with Gasteiger partial charge in [0.1, 0.15) is 0 Å². The molecule has 1 aromatic rings. The Morgan fingerprint density at radius 3 is 2.77 bits per heavy atom. The minimum absolute atomic E-state index is 0.661. The third-order valence-corrected chi connectivity index (χ3v) is 2.69. The van der Waals surface area contributed by atoms with E-state index in [-0.39, 0.29) is 0 Å². The molecule has 4 nitrogen and oxygen atoms in total. The maximum atomic E-state index is 5.39.